The number of hydrogen-bond donors (Lipinski definition) is 3. The molecule has 0 aliphatic carbocycles. The second-order valence-corrected chi connectivity index (χ2v) is 4.83. The Balaban J connectivity index is 1.89. The Morgan fingerprint density at radius 1 is 1.24 bits per heavy atom. The van der Waals surface area contributed by atoms with Crippen LogP contribution in [-0.4, -0.2) is 34.3 Å². The van der Waals surface area contributed by atoms with E-state index < -0.39 is 0 Å². The van der Waals surface area contributed by atoms with Crippen LogP contribution >= 0.6 is 0 Å². The summed E-state index contributed by atoms with van der Waals surface area (Å²) >= 11 is 0. The summed E-state index contributed by atoms with van der Waals surface area (Å²) in [6.45, 7) is 0.318. The molecule has 1 aromatic carbocycles. The first-order valence-electron chi connectivity index (χ1n) is 6.77. The van der Waals surface area contributed by atoms with Gasteiger partial charge in [0.2, 0.25) is 0 Å². The zero-order chi connectivity index (χ0) is 15.1. The highest BCUT2D eigenvalue weighted by atomic mass is 16.3. The lowest BCUT2D eigenvalue weighted by molar-refractivity contribution is 0.0939. The number of aromatic hydroxyl groups is 1. The van der Waals surface area contributed by atoms with Crippen LogP contribution in [0.3, 0.4) is 0 Å². The van der Waals surface area contributed by atoms with Crippen LogP contribution in [0.1, 0.15) is 16.1 Å². The SMILES string of the molecule is O=C(NCC(CO)Cc1ccccn1)c1cccc(O)c1. The molecule has 1 amide bonds. The van der Waals surface area contributed by atoms with Gasteiger partial charge in [-0.15, -0.1) is 0 Å². The fourth-order valence-corrected chi connectivity index (χ4v) is 2.00. The van der Waals surface area contributed by atoms with E-state index in [2.05, 4.69) is 10.3 Å². The summed E-state index contributed by atoms with van der Waals surface area (Å²) in [6.07, 6.45) is 2.30. The number of rotatable bonds is 6. The van der Waals surface area contributed by atoms with Crippen LogP contribution in [-0.2, 0) is 6.42 Å². The molecule has 2 rings (SSSR count). The Labute approximate surface area is 123 Å². The number of carbonyl (C=O) groups is 1. The molecule has 0 aliphatic heterocycles. The van der Waals surface area contributed by atoms with Crippen LogP contribution in [0.25, 0.3) is 0 Å². The van der Waals surface area contributed by atoms with E-state index in [0.29, 0.717) is 18.5 Å². The van der Waals surface area contributed by atoms with Gasteiger partial charge in [0, 0.05) is 36.5 Å². The molecule has 0 bridgehead atoms. The van der Waals surface area contributed by atoms with Gasteiger partial charge in [-0.3, -0.25) is 9.78 Å². The van der Waals surface area contributed by atoms with Gasteiger partial charge in [-0.25, -0.2) is 0 Å². The predicted molar refractivity (Wildman–Crippen MR) is 79.0 cm³/mol. The average molecular weight is 286 g/mol. The van der Waals surface area contributed by atoms with Crippen LogP contribution in [0.5, 0.6) is 5.75 Å². The number of aliphatic hydroxyl groups is 1. The summed E-state index contributed by atoms with van der Waals surface area (Å²) in [6, 6.07) is 11.8. The van der Waals surface area contributed by atoms with Crippen molar-refractivity contribution in [2.75, 3.05) is 13.2 Å². The number of phenolic OH excluding ortho intramolecular Hbond substituents is 1. The fourth-order valence-electron chi connectivity index (χ4n) is 2.00. The van der Waals surface area contributed by atoms with Gasteiger partial charge < -0.3 is 15.5 Å². The smallest absolute Gasteiger partial charge is 0.251 e. The van der Waals surface area contributed by atoms with Crippen molar-refractivity contribution < 1.29 is 15.0 Å². The lowest BCUT2D eigenvalue weighted by Crippen LogP contribution is -2.32. The number of hydrogen-bond acceptors (Lipinski definition) is 4. The lowest BCUT2D eigenvalue weighted by Gasteiger charge is -2.14. The number of nitrogens with zero attached hydrogens (tertiary/aromatic N) is 1. The molecule has 0 saturated heterocycles. The Morgan fingerprint density at radius 3 is 2.76 bits per heavy atom. The summed E-state index contributed by atoms with van der Waals surface area (Å²) in [7, 11) is 0. The molecule has 0 saturated carbocycles. The summed E-state index contributed by atoms with van der Waals surface area (Å²) in [5.74, 6) is -0.318. The highest BCUT2D eigenvalue weighted by molar-refractivity contribution is 5.94. The molecule has 110 valence electrons. The van der Waals surface area contributed by atoms with Crippen molar-refractivity contribution in [2.45, 2.75) is 6.42 Å². The zero-order valence-corrected chi connectivity index (χ0v) is 11.6. The minimum absolute atomic E-state index is 0.0309. The third-order valence-corrected chi connectivity index (χ3v) is 3.14. The molecular weight excluding hydrogens is 268 g/mol. The number of pyridine rings is 1. The summed E-state index contributed by atoms with van der Waals surface area (Å²) in [5, 5.41) is 21.5. The molecule has 0 spiro atoms. The summed E-state index contributed by atoms with van der Waals surface area (Å²) in [5.41, 5.74) is 1.27. The lowest BCUT2D eigenvalue weighted by atomic mass is 10.0. The normalized spacial score (nSPS) is 11.9. The molecule has 1 atom stereocenters. The van der Waals surface area contributed by atoms with Gasteiger partial charge in [-0.2, -0.15) is 0 Å². The molecule has 1 heterocycles. The van der Waals surface area contributed by atoms with E-state index >= 15 is 0 Å². The van der Waals surface area contributed by atoms with Crippen LogP contribution in [0.15, 0.2) is 48.7 Å². The van der Waals surface area contributed by atoms with Crippen LogP contribution in [0, 0.1) is 5.92 Å². The molecule has 5 heteroatoms. The van der Waals surface area contributed by atoms with Crippen LogP contribution in [0.4, 0.5) is 0 Å². The van der Waals surface area contributed by atoms with Gasteiger partial charge in [0.25, 0.3) is 5.91 Å². The number of amides is 1. The summed E-state index contributed by atoms with van der Waals surface area (Å²) in [4.78, 5) is 16.2. The van der Waals surface area contributed by atoms with E-state index in [1.165, 1.54) is 12.1 Å². The second kappa shape index (κ2) is 7.40. The average Bonchev–Trinajstić information content (AvgIpc) is 2.52. The highest BCUT2D eigenvalue weighted by Crippen LogP contribution is 2.11. The van der Waals surface area contributed by atoms with E-state index in [4.69, 9.17) is 0 Å². The van der Waals surface area contributed by atoms with Gasteiger partial charge in [0.15, 0.2) is 0 Å². The second-order valence-electron chi connectivity index (χ2n) is 4.83. The maximum atomic E-state index is 12.0. The van der Waals surface area contributed by atoms with Crippen molar-refractivity contribution in [3.05, 3.63) is 59.9 Å². The number of carbonyl (C=O) groups excluding carboxylic acids is 1. The Kier molecular flexibility index (Phi) is 5.29. The highest BCUT2D eigenvalue weighted by Gasteiger charge is 2.12. The largest absolute Gasteiger partial charge is 0.508 e. The van der Waals surface area contributed by atoms with Crippen molar-refractivity contribution in [2.24, 2.45) is 5.92 Å². The molecule has 5 nitrogen and oxygen atoms in total. The Bertz CT molecular complexity index is 587. The minimum Gasteiger partial charge on any atom is -0.508 e. The Morgan fingerprint density at radius 2 is 2.10 bits per heavy atom. The van der Waals surface area contributed by atoms with Gasteiger partial charge in [0.1, 0.15) is 5.75 Å². The first-order valence-corrected chi connectivity index (χ1v) is 6.77. The molecule has 3 N–H and O–H groups in total. The van der Waals surface area contributed by atoms with Gasteiger partial charge in [-0.1, -0.05) is 12.1 Å². The molecule has 21 heavy (non-hydrogen) atoms. The first-order chi connectivity index (χ1) is 10.2. The molecular formula is C16H18N2O3. The third kappa shape index (κ3) is 4.57. The molecule has 0 aliphatic rings. The number of phenols is 1. The zero-order valence-electron chi connectivity index (χ0n) is 11.6. The van der Waals surface area contributed by atoms with Gasteiger partial charge in [0.05, 0.1) is 0 Å². The van der Waals surface area contributed by atoms with Gasteiger partial charge >= 0.3 is 0 Å². The molecule has 0 radical (unpaired) electrons. The standard InChI is InChI=1S/C16H18N2O3/c19-11-12(8-14-5-1-2-7-17-14)10-18-16(21)13-4-3-6-15(20)9-13/h1-7,9,12,19-20H,8,10-11H2,(H,18,21). The number of aromatic nitrogens is 1. The Hall–Kier alpha value is -2.40. The van der Waals surface area contributed by atoms with Crippen molar-refractivity contribution in [1.82, 2.24) is 10.3 Å². The van der Waals surface area contributed by atoms with E-state index in [1.54, 1.807) is 18.3 Å². The van der Waals surface area contributed by atoms with E-state index in [-0.39, 0.29) is 24.2 Å². The van der Waals surface area contributed by atoms with Crippen LogP contribution < -0.4 is 5.32 Å². The minimum atomic E-state index is -0.273. The van der Waals surface area contributed by atoms with Gasteiger partial charge in [-0.05, 0) is 36.8 Å². The quantitative estimate of drug-likeness (QED) is 0.749. The molecule has 0 fully saturated rings. The van der Waals surface area contributed by atoms with Crippen molar-refractivity contribution in [3.63, 3.8) is 0 Å². The van der Waals surface area contributed by atoms with E-state index in [0.717, 1.165) is 5.69 Å². The molecule has 2 aromatic rings. The number of aliphatic hydroxyl groups excluding tert-OH is 1. The van der Waals surface area contributed by atoms with E-state index in [1.807, 2.05) is 18.2 Å². The summed E-state index contributed by atoms with van der Waals surface area (Å²) < 4.78 is 0. The van der Waals surface area contributed by atoms with Crippen molar-refractivity contribution in [3.8, 4) is 5.75 Å². The van der Waals surface area contributed by atoms with Crippen molar-refractivity contribution >= 4 is 5.91 Å². The maximum absolute atomic E-state index is 12.0. The first kappa shape index (κ1) is 15.0. The monoisotopic (exact) mass is 286 g/mol. The third-order valence-electron chi connectivity index (χ3n) is 3.14. The predicted octanol–water partition coefficient (Wildman–Crippen LogP) is 1.37. The maximum Gasteiger partial charge on any atom is 0.251 e. The number of benzene rings is 1. The number of nitrogens with one attached hydrogen (secondary N) is 1. The topological polar surface area (TPSA) is 82.5 Å². The fraction of sp³-hybridized carbons (Fsp3) is 0.250. The van der Waals surface area contributed by atoms with Crippen molar-refractivity contribution in [1.29, 1.82) is 0 Å². The van der Waals surface area contributed by atoms with Crippen LogP contribution in [0.2, 0.25) is 0 Å². The molecule has 1 aromatic heterocycles. The van der Waals surface area contributed by atoms with E-state index in [9.17, 15) is 15.0 Å². The molecule has 1 unspecified atom stereocenters.